The molecule has 0 aliphatic heterocycles. The van der Waals surface area contributed by atoms with E-state index in [4.69, 9.17) is 15.2 Å². The third-order valence-electron chi connectivity index (χ3n) is 2.66. The topological polar surface area (TPSA) is 91.4 Å². The molecule has 7 heteroatoms. The van der Waals surface area contributed by atoms with Gasteiger partial charge in [0.25, 0.3) is 5.91 Å². The van der Waals surface area contributed by atoms with Crippen LogP contribution in [0.5, 0.6) is 0 Å². The van der Waals surface area contributed by atoms with Gasteiger partial charge in [-0.1, -0.05) is 0 Å². The van der Waals surface area contributed by atoms with Gasteiger partial charge < -0.3 is 20.5 Å². The third kappa shape index (κ3) is 5.27. The first-order valence-electron chi connectivity index (χ1n) is 6.29. The Bertz CT molecular complexity index is 392. The monoisotopic (exact) mass is 270 g/mol. The summed E-state index contributed by atoms with van der Waals surface area (Å²) in [4.78, 5) is 11.8. The molecule has 0 radical (unpaired) electrons. The van der Waals surface area contributed by atoms with E-state index in [9.17, 15) is 4.79 Å². The number of unbranched alkanes of at least 4 members (excludes halogenated alkanes) is 1. The van der Waals surface area contributed by atoms with Crippen LogP contribution in [0.3, 0.4) is 0 Å². The van der Waals surface area contributed by atoms with Crippen LogP contribution < -0.4 is 11.1 Å². The number of rotatable bonds is 9. The summed E-state index contributed by atoms with van der Waals surface area (Å²) in [7, 11) is 3.34. The number of methoxy groups -OCH3 is 1. The van der Waals surface area contributed by atoms with E-state index in [1.54, 1.807) is 14.2 Å². The van der Waals surface area contributed by atoms with Gasteiger partial charge in [-0.25, -0.2) is 0 Å². The maximum atomic E-state index is 11.8. The first-order chi connectivity index (χ1) is 9.16. The average Bonchev–Trinajstić information content (AvgIpc) is 2.73. The molecule has 3 N–H and O–H groups in total. The van der Waals surface area contributed by atoms with Crippen LogP contribution in [0.4, 0.5) is 5.82 Å². The molecule has 1 rings (SSSR count). The minimum absolute atomic E-state index is 0.189. The predicted molar refractivity (Wildman–Crippen MR) is 71.9 cm³/mol. The number of nitrogen functional groups attached to an aromatic ring is 1. The van der Waals surface area contributed by atoms with E-state index in [1.807, 2.05) is 0 Å². The largest absolute Gasteiger partial charge is 0.383 e. The SMILES string of the molecule is COCCOCCCCNC(=O)c1cnn(C)c1N. The van der Waals surface area contributed by atoms with Crippen molar-refractivity contribution in [3.63, 3.8) is 0 Å². The van der Waals surface area contributed by atoms with Crippen LogP contribution in [-0.2, 0) is 16.5 Å². The summed E-state index contributed by atoms with van der Waals surface area (Å²) in [6.07, 6.45) is 3.23. The predicted octanol–water partition coefficient (Wildman–Crippen LogP) is 0.175. The van der Waals surface area contributed by atoms with Gasteiger partial charge in [0, 0.05) is 27.3 Å². The molecule has 1 amide bonds. The zero-order chi connectivity index (χ0) is 14.1. The number of aryl methyl sites for hydroxylation is 1. The van der Waals surface area contributed by atoms with Crippen molar-refractivity contribution in [1.29, 1.82) is 0 Å². The lowest BCUT2D eigenvalue weighted by molar-refractivity contribution is 0.0686. The lowest BCUT2D eigenvalue weighted by atomic mass is 10.3. The molecule has 0 bridgehead atoms. The molecule has 0 aromatic carbocycles. The third-order valence-corrected chi connectivity index (χ3v) is 2.66. The number of hydrogen-bond acceptors (Lipinski definition) is 5. The molecule has 1 aromatic heterocycles. The summed E-state index contributed by atoms with van der Waals surface area (Å²) in [5.74, 6) is 0.186. The van der Waals surface area contributed by atoms with Gasteiger partial charge in [-0.05, 0) is 12.8 Å². The molecule has 1 heterocycles. The molecule has 0 aliphatic carbocycles. The van der Waals surface area contributed by atoms with Crippen molar-refractivity contribution in [3.05, 3.63) is 11.8 Å². The Morgan fingerprint density at radius 2 is 2.21 bits per heavy atom. The van der Waals surface area contributed by atoms with E-state index in [0.717, 1.165) is 12.8 Å². The fourth-order valence-electron chi connectivity index (χ4n) is 1.49. The Morgan fingerprint density at radius 3 is 2.84 bits per heavy atom. The summed E-state index contributed by atoms with van der Waals surface area (Å²) >= 11 is 0. The van der Waals surface area contributed by atoms with Crippen molar-refractivity contribution < 1.29 is 14.3 Å². The Morgan fingerprint density at radius 1 is 1.42 bits per heavy atom. The van der Waals surface area contributed by atoms with Crippen LogP contribution in [-0.4, -0.2) is 49.2 Å². The number of nitrogens with two attached hydrogens (primary N) is 1. The zero-order valence-corrected chi connectivity index (χ0v) is 11.5. The fourth-order valence-corrected chi connectivity index (χ4v) is 1.49. The second kappa shape index (κ2) is 8.49. The highest BCUT2D eigenvalue weighted by molar-refractivity contribution is 5.98. The van der Waals surface area contributed by atoms with Crippen LogP contribution in [0.2, 0.25) is 0 Å². The van der Waals surface area contributed by atoms with E-state index in [0.29, 0.717) is 37.7 Å². The van der Waals surface area contributed by atoms with Crippen molar-refractivity contribution in [2.45, 2.75) is 12.8 Å². The van der Waals surface area contributed by atoms with Crippen molar-refractivity contribution in [2.24, 2.45) is 7.05 Å². The quantitative estimate of drug-likeness (QED) is 0.624. The van der Waals surface area contributed by atoms with Gasteiger partial charge in [-0.15, -0.1) is 0 Å². The van der Waals surface area contributed by atoms with Crippen molar-refractivity contribution in [1.82, 2.24) is 15.1 Å². The molecular formula is C12H22N4O3. The number of amides is 1. The first kappa shape index (κ1) is 15.5. The molecule has 108 valence electrons. The lowest BCUT2D eigenvalue weighted by Crippen LogP contribution is -2.25. The number of aromatic nitrogens is 2. The van der Waals surface area contributed by atoms with Crippen LogP contribution in [0, 0.1) is 0 Å². The second-order valence-corrected chi connectivity index (χ2v) is 4.14. The Balaban J connectivity index is 2.10. The zero-order valence-electron chi connectivity index (χ0n) is 11.5. The van der Waals surface area contributed by atoms with Gasteiger partial charge in [0.15, 0.2) is 0 Å². The summed E-state index contributed by atoms with van der Waals surface area (Å²) < 4.78 is 11.6. The summed E-state index contributed by atoms with van der Waals surface area (Å²) in [5.41, 5.74) is 6.13. The number of nitrogens with one attached hydrogen (secondary N) is 1. The molecule has 0 fully saturated rings. The summed E-state index contributed by atoms with van der Waals surface area (Å²) in [6, 6.07) is 0. The number of ether oxygens (including phenoxy) is 2. The van der Waals surface area contributed by atoms with E-state index < -0.39 is 0 Å². The number of carbonyl (C=O) groups excluding carboxylic acids is 1. The van der Waals surface area contributed by atoms with Gasteiger partial charge in [0.1, 0.15) is 11.4 Å². The molecule has 0 unspecified atom stereocenters. The van der Waals surface area contributed by atoms with E-state index in [-0.39, 0.29) is 5.91 Å². The molecule has 0 saturated carbocycles. The summed E-state index contributed by atoms with van der Waals surface area (Å²) in [5, 5.41) is 6.73. The number of hydrogen-bond donors (Lipinski definition) is 2. The van der Waals surface area contributed by atoms with Crippen LogP contribution in [0.15, 0.2) is 6.20 Å². The highest BCUT2D eigenvalue weighted by atomic mass is 16.5. The maximum Gasteiger partial charge on any atom is 0.256 e. The minimum atomic E-state index is -0.189. The Labute approximate surface area is 113 Å². The number of nitrogens with zero attached hydrogens (tertiary/aromatic N) is 2. The average molecular weight is 270 g/mol. The normalized spacial score (nSPS) is 10.6. The van der Waals surface area contributed by atoms with Crippen molar-refractivity contribution >= 4 is 11.7 Å². The van der Waals surface area contributed by atoms with Gasteiger partial charge in [-0.3, -0.25) is 9.48 Å². The lowest BCUT2D eigenvalue weighted by Gasteiger charge is -2.05. The molecule has 0 saturated heterocycles. The second-order valence-electron chi connectivity index (χ2n) is 4.14. The van der Waals surface area contributed by atoms with Gasteiger partial charge in [-0.2, -0.15) is 5.10 Å². The van der Waals surface area contributed by atoms with Crippen molar-refractivity contribution in [2.75, 3.05) is 39.2 Å². The maximum absolute atomic E-state index is 11.8. The number of anilines is 1. The van der Waals surface area contributed by atoms with Crippen molar-refractivity contribution in [3.8, 4) is 0 Å². The van der Waals surface area contributed by atoms with Crippen LogP contribution >= 0.6 is 0 Å². The molecule has 19 heavy (non-hydrogen) atoms. The Hall–Kier alpha value is -1.60. The highest BCUT2D eigenvalue weighted by Crippen LogP contribution is 2.08. The smallest absolute Gasteiger partial charge is 0.256 e. The highest BCUT2D eigenvalue weighted by Gasteiger charge is 2.12. The number of carbonyl (C=O) groups is 1. The van der Waals surface area contributed by atoms with Crippen LogP contribution in [0.25, 0.3) is 0 Å². The fraction of sp³-hybridized carbons (Fsp3) is 0.667. The van der Waals surface area contributed by atoms with E-state index in [1.165, 1.54) is 10.9 Å². The molecular weight excluding hydrogens is 248 g/mol. The summed E-state index contributed by atoms with van der Waals surface area (Å²) in [6.45, 7) is 2.49. The first-order valence-corrected chi connectivity index (χ1v) is 6.29. The van der Waals surface area contributed by atoms with Gasteiger partial charge in [0.05, 0.1) is 19.4 Å². The van der Waals surface area contributed by atoms with Gasteiger partial charge in [0.2, 0.25) is 0 Å². The molecule has 0 spiro atoms. The van der Waals surface area contributed by atoms with Gasteiger partial charge >= 0.3 is 0 Å². The molecule has 0 atom stereocenters. The minimum Gasteiger partial charge on any atom is -0.383 e. The molecule has 0 aliphatic rings. The van der Waals surface area contributed by atoms with E-state index >= 15 is 0 Å². The standard InChI is InChI=1S/C12H22N4O3/c1-16-11(13)10(9-15-16)12(17)14-5-3-4-6-19-8-7-18-2/h9H,3-8,13H2,1-2H3,(H,14,17). The molecule has 1 aromatic rings. The van der Waals surface area contributed by atoms with E-state index in [2.05, 4.69) is 10.4 Å². The van der Waals surface area contributed by atoms with Crippen LogP contribution in [0.1, 0.15) is 23.2 Å². The molecule has 7 nitrogen and oxygen atoms in total. The Kier molecular flexibility index (Phi) is 6.91.